The van der Waals surface area contributed by atoms with Crippen molar-refractivity contribution in [3.05, 3.63) is 5.01 Å². The SMILES string of the molecule is CC1CC(C(=O)O)CCN1c1nnc(C(F)(F)F)s1. The van der Waals surface area contributed by atoms with Gasteiger partial charge in [0, 0.05) is 12.6 Å². The van der Waals surface area contributed by atoms with Gasteiger partial charge in [-0.2, -0.15) is 13.2 Å². The Morgan fingerprint density at radius 2 is 2.16 bits per heavy atom. The van der Waals surface area contributed by atoms with Crippen LogP contribution in [0, 0.1) is 5.92 Å². The maximum absolute atomic E-state index is 12.4. The molecular formula is C10H12F3N3O2S. The van der Waals surface area contributed by atoms with Gasteiger partial charge in [0.15, 0.2) is 0 Å². The van der Waals surface area contributed by atoms with Crippen molar-refractivity contribution in [3.63, 3.8) is 0 Å². The third-order valence-electron chi connectivity index (χ3n) is 3.13. The lowest BCUT2D eigenvalue weighted by atomic mass is 9.92. The standard InChI is InChI=1S/C10H12F3N3O2S/c1-5-4-6(7(17)18)2-3-16(5)9-15-14-8(19-9)10(11,12)13/h5-6H,2-4H2,1H3,(H,17,18). The van der Waals surface area contributed by atoms with Crippen LogP contribution in [0.2, 0.25) is 0 Å². The van der Waals surface area contributed by atoms with Crippen molar-refractivity contribution in [1.82, 2.24) is 10.2 Å². The Labute approximate surface area is 111 Å². The van der Waals surface area contributed by atoms with Crippen molar-refractivity contribution >= 4 is 22.4 Å². The molecule has 0 aliphatic carbocycles. The van der Waals surface area contributed by atoms with Gasteiger partial charge in [-0.15, -0.1) is 10.2 Å². The molecule has 2 rings (SSSR count). The first-order chi connectivity index (χ1) is 8.79. The Hall–Kier alpha value is -1.38. The first-order valence-corrected chi connectivity index (χ1v) is 6.51. The second-order valence-corrected chi connectivity index (χ2v) is 5.45. The molecule has 1 aliphatic rings. The van der Waals surface area contributed by atoms with Crippen molar-refractivity contribution in [3.8, 4) is 0 Å². The zero-order valence-electron chi connectivity index (χ0n) is 10.0. The maximum Gasteiger partial charge on any atom is 0.445 e. The molecule has 0 spiro atoms. The number of rotatable bonds is 2. The number of halogens is 3. The average molecular weight is 295 g/mol. The number of carboxylic acid groups (broad SMARTS) is 1. The molecule has 2 heterocycles. The van der Waals surface area contributed by atoms with Crippen LogP contribution < -0.4 is 4.90 Å². The smallest absolute Gasteiger partial charge is 0.445 e. The molecule has 2 atom stereocenters. The maximum atomic E-state index is 12.4. The third-order valence-corrected chi connectivity index (χ3v) is 4.13. The molecule has 2 unspecified atom stereocenters. The zero-order valence-corrected chi connectivity index (χ0v) is 10.8. The van der Waals surface area contributed by atoms with Crippen LogP contribution >= 0.6 is 11.3 Å². The van der Waals surface area contributed by atoms with Crippen LogP contribution in [-0.4, -0.2) is 33.9 Å². The summed E-state index contributed by atoms with van der Waals surface area (Å²) in [6.45, 7) is 2.16. The topological polar surface area (TPSA) is 66.3 Å². The summed E-state index contributed by atoms with van der Waals surface area (Å²) in [5.74, 6) is -1.30. The van der Waals surface area contributed by atoms with E-state index in [0.717, 1.165) is 0 Å². The van der Waals surface area contributed by atoms with Gasteiger partial charge in [0.05, 0.1) is 5.92 Å². The van der Waals surface area contributed by atoms with E-state index in [1.807, 2.05) is 0 Å². The Kier molecular flexibility index (Phi) is 3.66. The minimum absolute atomic E-state index is 0.163. The van der Waals surface area contributed by atoms with Gasteiger partial charge in [0.25, 0.3) is 0 Å². The van der Waals surface area contributed by atoms with E-state index in [1.165, 1.54) is 0 Å². The van der Waals surface area contributed by atoms with E-state index in [-0.39, 0.29) is 11.2 Å². The summed E-state index contributed by atoms with van der Waals surface area (Å²) in [7, 11) is 0. The number of aromatic nitrogens is 2. The monoisotopic (exact) mass is 295 g/mol. The highest BCUT2D eigenvalue weighted by Gasteiger charge is 2.37. The second kappa shape index (κ2) is 4.95. The second-order valence-electron chi connectivity index (χ2n) is 4.49. The number of alkyl halides is 3. The normalized spacial score (nSPS) is 24.5. The molecular weight excluding hydrogens is 283 g/mol. The lowest BCUT2D eigenvalue weighted by Crippen LogP contribution is -2.42. The van der Waals surface area contributed by atoms with E-state index in [9.17, 15) is 18.0 Å². The van der Waals surface area contributed by atoms with E-state index in [0.29, 0.717) is 30.7 Å². The molecule has 0 radical (unpaired) electrons. The number of anilines is 1. The molecule has 9 heteroatoms. The molecule has 1 fully saturated rings. The van der Waals surface area contributed by atoms with E-state index in [1.54, 1.807) is 11.8 Å². The zero-order chi connectivity index (χ0) is 14.2. The first-order valence-electron chi connectivity index (χ1n) is 5.69. The van der Waals surface area contributed by atoms with Crippen molar-refractivity contribution in [2.24, 2.45) is 5.92 Å². The van der Waals surface area contributed by atoms with Crippen molar-refractivity contribution in [1.29, 1.82) is 0 Å². The number of piperidine rings is 1. The summed E-state index contributed by atoms with van der Waals surface area (Å²) in [6, 6.07) is -0.163. The average Bonchev–Trinajstić information content (AvgIpc) is 2.77. The fourth-order valence-electron chi connectivity index (χ4n) is 2.13. The van der Waals surface area contributed by atoms with E-state index in [4.69, 9.17) is 5.11 Å². The van der Waals surface area contributed by atoms with Gasteiger partial charge in [-0.05, 0) is 19.8 Å². The van der Waals surface area contributed by atoms with Crippen LogP contribution in [0.3, 0.4) is 0 Å². The molecule has 0 amide bonds. The summed E-state index contributed by atoms with van der Waals surface area (Å²) >= 11 is 0.491. The van der Waals surface area contributed by atoms with Gasteiger partial charge in [0.2, 0.25) is 10.1 Å². The van der Waals surface area contributed by atoms with Gasteiger partial charge in [0.1, 0.15) is 0 Å². The number of carboxylic acids is 1. The largest absolute Gasteiger partial charge is 0.481 e. The highest BCUT2D eigenvalue weighted by Crippen LogP contribution is 2.36. The number of hydrogen-bond donors (Lipinski definition) is 1. The molecule has 1 aromatic rings. The number of aliphatic carboxylic acids is 1. The van der Waals surface area contributed by atoms with Crippen molar-refractivity contribution < 1.29 is 23.1 Å². The number of nitrogens with zero attached hydrogens (tertiary/aromatic N) is 3. The molecule has 1 N–H and O–H groups in total. The van der Waals surface area contributed by atoms with Crippen LogP contribution in [-0.2, 0) is 11.0 Å². The predicted molar refractivity (Wildman–Crippen MR) is 62.1 cm³/mol. The molecule has 19 heavy (non-hydrogen) atoms. The van der Waals surface area contributed by atoms with E-state index >= 15 is 0 Å². The summed E-state index contributed by atoms with van der Waals surface area (Å²) in [4.78, 5) is 12.6. The Morgan fingerprint density at radius 3 is 2.63 bits per heavy atom. The minimum atomic E-state index is -4.49. The van der Waals surface area contributed by atoms with Crippen LogP contribution in [0.1, 0.15) is 24.8 Å². The summed E-state index contributed by atoms with van der Waals surface area (Å²) in [6.07, 6.45) is -3.69. The molecule has 1 aromatic heterocycles. The lowest BCUT2D eigenvalue weighted by molar-refractivity contribution is -0.142. The third kappa shape index (κ3) is 2.96. The summed E-state index contributed by atoms with van der Waals surface area (Å²) in [5.41, 5.74) is 0. The van der Waals surface area contributed by atoms with Crippen LogP contribution in [0.25, 0.3) is 0 Å². The lowest BCUT2D eigenvalue weighted by Gasteiger charge is -2.35. The molecule has 0 saturated carbocycles. The molecule has 5 nitrogen and oxygen atoms in total. The van der Waals surface area contributed by atoms with E-state index in [2.05, 4.69) is 10.2 Å². The number of carbonyl (C=O) groups is 1. The van der Waals surface area contributed by atoms with E-state index < -0.39 is 23.1 Å². The predicted octanol–water partition coefficient (Wildman–Crippen LogP) is 2.25. The van der Waals surface area contributed by atoms with Crippen LogP contribution in [0.4, 0.5) is 18.3 Å². The fraction of sp³-hybridized carbons (Fsp3) is 0.700. The van der Waals surface area contributed by atoms with Crippen molar-refractivity contribution in [2.45, 2.75) is 32.0 Å². The van der Waals surface area contributed by atoms with Gasteiger partial charge in [-0.3, -0.25) is 4.79 Å². The highest BCUT2D eigenvalue weighted by molar-refractivity contribution is 7.15. The van der Waals surface area contributed by atoms with Gasteiger partial charge in [-0.25, -0.2) is 0 Å². The van der Waals surface area contributed by atoms with Crippen LogP contribution in [0.15, 0.2) is 0 Å². The Bertz CT molecular complexity index is 477. The van der Waals surface area contributed by atoms with Gasteiger partial charge < -0.3 is 10.0 Å². The molecule has 106 valence electrons. The molecule has 0 bridgehead atoms. The summed E-state index contributed by atoms with van der Waals surface area (Å²) < 4.78 is 37.3. The highest BCUT2D eigenvalue weighted by atomic mass is 32.1. The van der Waals surface area contributed by atoms with Gasteiger partial charge >= 0.3 is 12.1 Å². The molecule has 1 saturated heterocycles. The van der Waals surface area contributed by atoms with Gasteiger partial charge in [-0.1, -0.05) is 11.3 Å². The number of hydrogen-bond acceptors (Lipinski definition) is 5. The summed E-state index contributed by atoms with van der Waals surface area (Å²) in [5, 5.41) is 14.8. The Morgan fingerprint density at radius 1 is 1.47 bits per heavy atom. The fourth-order valence-corrected chi connectivity index (χ4v) is 2.97. The quantitative estimate of drug-likeness (QED) is 0.906. The van der Waals surface area contributed by atoms with Crippen molar-refractivity contribution in [2.75, 3.05) is 11.4 Å². The molecule has 0 aromatic carbocycles. The first kappa shape index (κ1) is 14.0. The Balaban J connectivity index is 2.11. The van der Waals surface area contributed by atoms with Crippen LogP contribution in [0.5, 0.6) is 0 Å². The minimum Gasteiger partial charge on any atom is -0.481 e. The molecule has 1 aliphatic heterocycles.